The zero-order chi connectivity index (χ0) is 26.8. The Morgan fingerprint density at radius 2 is 1.16 bits per heavy atom. The molecule has 3 rings (SSSR count). The van der Waals surface area contributed by atoms with Crippen LogP contribution in [0.25, 0.3) is 11.1 Å². The molecule has 5 heteroatoms. The van der Waals surface area contributed by atoms with Crippen LogP contribution in [-0.2, 0) is 24.9 Å². The third kappa shape index (κ3) is 11.5. The summed E-state index contributed by atoms with van der Waals surface area (Å²) in [4.78, 5) is 0. The smallest absolute Gasteiger partial charge is 0.205 e. The summed E-state index contributed by atoms with van der Waals surface area (Å²) in [5, 5.41) is 0. The summed E-state index contributed by atoms with van der Waals surface area (Å²) in [6, 6.07) is 17.9. The molecule has 0 aliphatic rings. The van der Waals surface area contributed by atoms with Gasteiger partial charge in [0.05, 0.1) is 0 Å². The first-order chi connectivity index (χ1) is 18.7. The lowest BCUT2D eigenvalue weighted by molar-refractivity contribution is -0.703. The number of benzene rings is 1. The summed E-state index contributed by atoms with van der Waals surface area (Å²) in [6.07, 6.45) is 25.6. The number of hydrogen-bond acceptors (Lipinski definition) is 1. The average molecular weight is 547 g/mol. The summed E-state index contributed by atoms with van der Waals surface area (Å²) in [5.41, 5.74) is 5.20. The van der Waals surface area contributed by atoms with E-state index in [4.69, 9.17) is 11.8 Å². The highest BCUT2D eigenvalue weighted by atomic mass is 32.4. The Morgan fingerprint density at radius 3 is 1.71 bits per heavy atom. The van der Waals surface area contributed by atoms with E-state index in [1.54, 1.807) is 0 Å². The first-order valence-corrected chi connectivity index (χ1v) is 17.2. The van der Waals surface area contributed by atoms with Crippen LogP contribution in [0.2, 0.25) is 0 Å². The van der Waals surface area contributed by atoms with Crippen molar-refractivity contribution in [3.63, 3.8) is 0 Å². The van der Waals surface area contributed by atoms with E-state index in [0.29, 0.717) is 0 Å². The molecule has 0 amide bonds. The molecule has 1 aromatic carbocycles. The van der Waals surface area contributed by atoms with E-state index in [9.17, 15) is 0 Å². The predicted molar refractivity (Wildman–Crippen MR) is 169 cm³/mol. The highest BCUT2D eigenvalue weighted by molar-refractivity contribution is 8.09. The predicted octanol–water partition coefficient (Wildman–Crippen LogP) is 7.70. The molecule has 0 saturated heterocycles. The minimum Gasteiger partial charge on any atom is -0.205 e. The van der Waals surface area contributed by atoms with Crippen molar-refractivity contribution < 1.29 is 9.13 Å². The van der Waals surface area contributed by atoms with Crippen molar-refractivity contribution in [3.8, 4) is 11.1 Å². The van der Waals surface area contributed by atoms with E-state index < -0.39 is 0 Å². The van der Waals surface area contributed by atoms with Crippen molar-refractivity contribution >= 4 is 31.5 Å². The largest absolute Gasteiger partial charge is 0.232 e. The molecular weight excluding hydrogens is 498 g/mol. The van der Waals surface area contributed by atoms with E-state index in [0.717, 1.165) is 33.2 Å². The fraction of sp³-hybridized carbons (Fsp3) is 0.515. The quantitative estimate of drug-likeness (QED) is 0.0647. The van der Waals surface area contributed by atoms with E-state index in [2.05, 4.69) is 96.3 Å². The van der Waals surface area contributed by atoms with Crippen LogP contribution in [0.5, 0.6) is 0 Å². The number of nitrogens with zero attached hydrogens (tertiary/aromatic N) is 2. The molecular formula is C33H48BN2PS+2. The van der Waals surface area contributed by atoms with Gasteiger partial charge in [0.2, 0.25) is 7.00 Å². The number of hydrogen-bond donors (Lipinski definition) is 0. The third-order valence-electron chi connectivity index (χ3n) is 7.65. The lowest BCUT2D eigenvalue weighted by atomic mass is 9.93. The zero-order valence-corrected chi connectivity index (χ0v) is 25.6. The molecule has 2 nitrogen and oxygen atoms in total. The van der Waals surface area contributed by atoms with E-state index in [-0.39, 0.29) is 0 Å². The second kappa shape index (κ2) is 18.4. The van der Waals surface area contributed by atoms with Crippen molar-refractivity contribution in [1.29, 1.82) is 0 Å². The van der Waals surface area contributed by atoms with Gasteiger partial charge in [-0.25, -0.2) is 9.13 Å². The Morgan fingerprint density at radius 1 is 0.658 bits per heavy atom. The van der Waals surface area contributed by atoms with Gasteiger partial charge in [-0.05, 0) is 24.0 Å². The highest BCUT2D eigenvalue weighted by Crippen LogP contribution is 2.20. The SMILES string of the molecule is CCCCCCCCC(CCCCCC)C[n+]1ccc(-c2cc[n+](Cc3ccc(BP=S)cc3)cc2)cc1. The first-order valence-electron chi connectivity index (χ1n) is 15.1. The van der Waals surface area contributed by atoms with Crippen LogP contribution in [0.15, 0.2) is 73.3 Å². The second-order valence-corrected chi connectivity index (χ2v) is 12.3. The Hall–Kier alpha value is -1.90. The minimum absolute atomic E-state index is 0.801. The molecule has 0 aliphatic heterocycles. The molecule has 0 aliphatic carbocycles. The fourth-order valence-corrected chi connectivity index (χ4v) is 6.07. The maximum Gasteiger partial charge on any atom is 0.232 e. The lowest BCUT2D eigenvalue weighted by Crippen LogP contribution is -2.36. The van der Waals surface area contributed by atoms with Gasteiger partial charge in [0, 0.05) is 35.7 Å². The van der Waals surface area contributed by atoms with Crippen molar-refractivity contribution in [3.05, 3.63) is 78.9 Å². The van der Waals surface area contributed by atoms with Crippen LogP contribution in [-0.4, -0.2) is 7.00 Å². The van der Waals surface area contributed by atoms with Crippen molar-refractivity contribution in [2.45, 2.75) is 104 Å². The Labute approximate surface area is 240 Å². The molecule has 2 heterocycles. The Balaban J connectivity index is 1.53. The molecule has 202 valence electrons. The summed E-state index contributed by atoms with van der Waals surface area (Å²) in [6.45, 7) is 7.60. The molecule has 0 fully saturated rings. The van der Waals surface area contributed by atoms with Gasteiger partial charge in [-0.1, -0.05) is 127 Å². The molecule has 0 spiro atoms. The van der Waals surface area contributed by atoms with Crippen molar-refractivity contribution in [2.75, 3.05) is 0 Å². The van der Waals surface area contributed by atoms with Crippen LogP contribution < -0.4 is 14.6 Å². The standard InChI is InChI=1S/C33H48BN2PS/c1-3-5-7-9-10-12-14-29(13-11-8-6-4-2)27-35-23-19-31(20-24-35)32-21-25-36(26-22-32)28-30-15-17-33(18-16-30)34-37-38/h15-26,29,34H,3-14,27-28H2,1-2H3/q+2. The minimum atomic E-state index is 0.801. The molecule has 0 N–H and O–H groups in total. The van der Waals surface area contributed by atoms with Crippen LogP contribution in [0, 0.1) is 5.92 Å². The van der Waals surface area contributed by atoms with Gasteiger partial charge in [-0.15, -0.1) is 0 Å². The van der Waals surface area contributed by atoms with Crippen LogP contribution >= 0.6 is 7.23 Å². The number of rotatable bonds is 19. The van der Waals surface area contributed by atoms with E-state index in [1.165, 1.54) is 99.2 Å². The molecule has 0 radical (unpaired) electrons. The molecule has 0 bridgehead atoms. The highest BCUT2D eigenvalue weighted by Gasteiger charge is 2.15. The number of unbranched alkanes of at least 4 members (excludes halogenated alkanes) is 8. The molecule has 1 unspecified atom stereocenters. The summed E-state index contributed by atoms with van der Waals surface area (Å²) in [5.74, 6) is 0.801. The van der Waals surface area contributed by atoms with E-state index in [1.807, 2.05) is 0 Å². The monoisotopic (exact) mass is 546 g/mol. The Kier molecular flexibility index (Phi) is 14.8. The topological polar surface area (TPSA) is 7.76 Å². The van der Waals surface area contributed by atoms with Gasteiger partial charge < -0.3 is 0 Å². The molecule has 3 aromatic rings. The second-order valence-electron chi connectivity index (χ2n) is 10.9. The van der Waals surface area contributed by atoms with Gasteiger partial charge in [0.25, 0.3) is 0 Å². The lowest BCUT2D eigenvalue weighted by Gasteiger charge is -2.14. The fourth-order valence-electron chi connectivity index (χ4n) is 5.26. The summed E-state index contributed by atoms with van der Waals surface area (Å²) in [7, 11) is 1.01. The van der Waals surface area contributed by atoms with Crippen LogP contribution in [0.4, 0.5) is 0 Å². The van der Waals surface area contributed by atoms with Crippen molar-refractivity contribution in [2.24, 2.45) is 5.92 Å². The average Bonchev–Trinajstić information content (AvgIpc) is 2.95. The zero-order valence-electron chi connectivity index (χ0n) is 23.9. The summed E-state index contributed by atoms with van der Waals surface area (Å²) >= 11 is 5.07. The van der Waals surface area contributed by atoms with Gasteiger partial charge in [-0.3, -0.25) is 0 Å². The van der Waals surface area contributed by atoms with Crippen LogP contribution in [0.1, 0.15) is 96.5 Å². The third-order valence-corrected chi connectivity index (χ3v) is 8.53. The van der Waals surface area contributed by atoms with Gasteiger partial charge in [-0.2, -0.15) is 0 Å². The maximum absolute atomic E-state index is 5.07. The van der Waals surface area contributed by atoms with Crippen LogP contribution in [0.3, 0.4) is 0 Å². The van der Waals surface area contributed by atoms with Gasteiger partial charge in [0.1, 0.15) is 0 Å². The van der Waals surface area contributed by atoms with Crippen molar-refractivity contribution in [1.82, 2.24) is 0 Å². The van der Waals surface area contributed by atoms with Gasteiger partial charge in [0.15, 0.2) is 37.9 Å². The Bertz CT molecular complexity index is 1040. The maximum atomic E-state index is 5.07. The van der Waals surface area contributed by atoms with E-state index >= 15 is 0 Å². The molecule has 38 heavy (non-hydrogen) atoms. The summed E-state index contributed by atoms with van der Waals surface area (Å²) < 4.78 is 4.67. The number of pyridine rings is 2. The van der Waals surface area contributed by atoms with Gasteiger partial charge >= 0.3 is 0 Å². The number of aromatic nitrogens is 2. The molecule has 2 aromatic heterocycles. The normalized spacial score (nSPS) is 12.1. The molecule has 1 atom stereocenters. The first kappa shape index (κ1) is 30.6. The molecule has 0 saturated carbocycles.